The zero-order valence-corrected chi connectivity index (χ0v) is 12.6. The molecule has 0 aromatic heterocycles. The lowest BCUT2D eigenvalue weighted by Crippen LogP contribution is -2.58. The molecule has 0 radical (unpaired) electrons. The third kappa shape index (κ3) is 5.07. The van der Waals surface area contributed by atoms with E-state index >= 15 is 0 Å². The summed E-state index contributed by atoms with van der Waals surface area (Å²) in [6.45, 7) is 6.77. The number of hydrogen-bond donors (Lipinski definition) is 3. The van der Waals surface area contributed by atoms with Crippen LogP contribution < -0.4 is 10.6 Å². The third-order valence-corrected chi connectivity index (χ3v) is 3.02. The molecule has 0 saturated heterocycles. The van der Waals surface area contributed by atoms with Crippen molar-refractivity contribution in [2.45, 2.75) is 52.1 Å². The Hall–Kier alpha value is -1.79. The highest BCUT2D eigenvalue weighted by Crippen LogP contribution is 2.13. The Balaban J connectivity index is 4.82. The second kappa shape index (κ2) is 7.72. The van der Waals surface area contributed by atoms with E-state index in [1.54, 1.807) is 13.8 Å². The molecule has 2 unspecified atom stereocenters. The number of ether oxygens (including phenoxy) is 1. The van der Waals surface area contributed by atoms with Gasteiger partial charge in [-0.05, 0) is 19.3 Å². The van der Waals surface area contributed by atoms with E-state index in [4.69, 9.17) is 0 Å². The number of amides is 2. The van der Waals surface area contributed by atoms with Crippen LogP contribution in [0.15, 0.2) is 0 Å². The van der Waals surface area contributed by atoms with Gasteiger partial charge in [0.1, 0.15) is 11.6 Å². The van der Waals surface area contributed by atoms with Gasteiger partial charge in [-0.3, -0.25) is 0 Å². The summed E-state index contributed by atoms with van der Waals surface area (Å²) in [6.07, 6.45) is 0.897. The minimum atomic E-state index is -1.36. The normalized spacial score (nSPS) is 15.1. The van der Waals surface area contributed by atoms with Crippen molar-refractivity contribution < 1.29 is 24.2 Å². The van der Waals surface area contributed by atoms with Crippen LogP contribution in [0, 0.1) is 5.92 Å². The molecule has 3 N–H and O–H groups in total. The van der Waals surface area contributed by atoms with Crippen molar-refractivity contribution in [2.24, 2.45) is 5.92 Å². The van der Waals surface area contributed by atoms with E-state index in [-0.39, 0.29) is 5.92 Å². The molecule has 20 heavy (non-hydrogen) atoms. The quantitative estimate of drug-likeness (QED) is 0.609. The number of carbonyl (C=O) groups is 3. The summed E-state index contributed by atoms with van der Waals surface area (Å²) in [6, 6.07) is -1.52. The standard InChI is InChI=1S/C13H24N2O5/c1-6-7-13(4,11(17)18)15-12(19)14-9(8(2)3)10(16)20-5/h8-9H,6-7H2,1-5H3,(H,17,18)(H2,14,15,19). The highest BCUT2D eigenvalue weighted by atomic mass is 16.5. The summed E-state index contributed by atoms with van der Waals surface area (Å²) in [7, 11) is 1.23. The summed E-state index contributed by atoms with van der Waals surface area (Å²) < 4.78 is 4.60. The molecule has 0 bridgehead atoms. The molecule has 0 aliphatic rings. The molecular weight excluding hydrogens is 264 g/mol. The minimum absolute atomic E-state index is 0.171. The smallest absolute Gasteiger partial charge is 0.329 e. The number of methoxy groups -OCH3 is 1. The zero-order chi connectivity index (χ0) is 15.9. The van der Waals surface area contributed by atoms with Crippen LogP contribution in [0.5, 0.6) is 0 Å². The first-order valence-corrected chi connectivity index (χ1v) is 6.57. The molecule has 0 aliphatic heterocycles. The number of esters is 1. The van der Waals surface area contributed by atoms with Crippen LogP contribution in [0.3, 0.4) is 0 Å². The van der Waals surface area contributed by atoms with Gasteiger partial charge in [-0.1, -0.05) is 27.2 Å². The molecule has 2 amide bonds. The van der Waals surface area contributed by atoms with Gasteiger partial charge in [0.2, 0.25) is 0 Å². The van der Waals surface area contributed by atoms with Crippen molar-refractivity contribution in [1.82, 2.24) is 10.6 Å². The number of aliphatic carboxylic acids is 1. The largest absolute Gasteiger partial charge is 0.480 e. The zero-order valence-electron chi connectivity index (χ0n) is 12.6. The van der Waals surface area contributed by atoms with Gasteiger partial charge in [0.25, 0.3) is 0 Å². The number of carboxylic acids is 1. The van der Waals surface area contributed by atoms with Crippen molar-refractivity contribution in [1.29, 1.82) is 0 Å². The summed E-state index contributed by atoms with van der Waals surface area (Å²) >= 11 is 0. The molecule has 0 heterocycles. The van der Waals surface area contributed by atoms with E-state index in [1.165, 1.54) is 14.0 Å². The Morgan fingerprint density at radius 2 is 1.85 bits per heavy atom. The average Bonchev–Trinajstić information content (AvgIpc) is 2.34. The van der Waals surface area contributed by atoms with Crippen molar-refractivity contribution in [3.8, 4) is 0 Å². The van der Waals surface area contributed by atoms with Gasteiger partial charge >= 0.3 is 18.0 Å². The summed E-state index contributed by atoms with van der Waals surface area (Å²) in [4.78, 5) is 34.6. The Morgan fingerprint density at radius 1 is 1.30 bits per heavy atom. The van der Waals surface area contributed by atoms with Gasteiger partial charge in [-0.15, -0.1) is 0 Å². The number of urea groups is 1. The van der Waals surface area contributed by atoms with E-state index in [2.05, 4.69) is 15.4 Å². The molecule has 2 atom stereocenters. The fraction of sp³-hybridized carbons (Fsp3) is 0.769. The molecule has 0 aromatic carbocycles. The van der Waals surface area contributed by atoms with Crippen LogP contribution in [-0.2, 0) is 14.3 Å². The topological polar surface area (TPSA) is 105 Å². The maximum Gasteiger partial charge on any atom is 0.329 e. The molecule has 116 valence electrons. The average molecular weight is 288 g/mol. The first kappa shape index (κ1) is 18.2. The lowest BCUT2D eigenvalue weighted by atomic mass is 9.96. The maximum absolute atomic E-state index is 11.9. The SMILES string of the molecule is CCCC(C)(NC(=O)NC(C(=O)OC)C(C)C)C(=O)O. The maximum atomic E-state index is 11.9. The lowest BCUT2D eigenvalue weighted by Gasteiger charge is -2.28. The van der Waals surface area contributed by atoms with Crippen molar-refractivity contribution in [3.63, 3.8) is 0 Å². The molecule has 7 heteroatoms. The molecule has 0 aromatic rings. The first-order chi connectivity index (χ1) is 9.17. The van der Waals surface area contributed by atoms with Crippen LogP contribution in [0.25, 0.3) is 0 Å². The van der Waals surface area contributed by atoms with Gasteiger partial charge in [0.05, 0.1) is 7.11 Å². The Labute approximate surface area is 119 Å². The monoisotopic (exact) mass is 288 g/mol. The molecule has 0 spiro atoms. The van der Waals surface area contributed by atoms with Gasteiger partial charge in [-0.2, -0.15) is 0 Å². The summed E-state index contributed by atoms with van der Waals surface area (Å²) in [5.74, 6) is -1.85. The predicted octanol–water partition coefficient (Wildman–Crippen LogP) is 1.13. The van der Waals surface area contributed by atoms with Crippen LogP contribution in [0.4, 0.5) is 4.79 Å². The van der Waals surface area contributed by atoms with E-state index in [0.29, 0.717) is 12.8 Å². The van der Waals surface area contributed by atoms with Crippen molar-refractivity contribution in [2.75, 3.05) is 7.11 Å². The molecule has 0 aliphatic carbocycles. The van der Waals surface area contributed by atoms with Gasteiger partial charge in [0, 0.05) is 0 Å². The van der Waals surface area contributed by atoms with Crippen molar-refractivity contribution >= 4 is 18.0 Å². The molecular formula is C13H24N2O5. The highest BCUT2D eigenvalue weighted by molar-refractivity contribution is 5.88. The van der Waals surface area contributed by atoms with Gasteiger partial charge < -0.3 is 20.5 Å². The van der Waals surface area contributed by atoms with E-state index in [0.717, 1.165) is 0 Å². The van der Waals surface area contributed by atoms with E-state index in [1.807, 2.05) is 6.92 Å². The summed E-state index contributed by atoms with van der Waals surface area (Å²) in [5.41, 5.74) is -1.36. The highest BCUT2D eigenvalue weighted by Gasteiger charge is 2.35. The van der Waals surface area contributed by atoms with Crippen LogP contribution >= 0.6 is 0 Å². The first-order valence-electron chi connectivity index (χ1n) is 6.57. The Kier molecular flexibility index (Phi) is 7.02. The number of rotatable bonds is 7. The van der Waals surface area contributed by atoms with Crippen molar-refractivity contribution in [3.05, 3.63) is 0 Å². The second-order valence-corrected chi connectivity index (χ2v) is 5.23. The van der Waals surface area contributed by atoms with E-state index in [9.17, 15) is 19.5 Å². The molecule has 0 fully saturated rings. The third-order valence-electron chi connectivity index (χ3n) is 3.02. The Bertz CT molecular complexity index is 370. The van der Waals surface area contributed by atoms with Gasteiger partial charge in [0.15, 0.2) is 0 Å². The molecule has 0 saturated carbocycles. The minimum Gasteiger partial charge on any atom is -0.480 e. The molecule has 7 nitrogen and oxygen atoms in total. The fourth-order valence-electron chi connectivity index (χ4n) is 1.78. The number of nitrogens with one attached hydrogen (secondary N) is 2. The fourth-order valence-corrected chi connectivity index (χ4v) is 1.78. The van der Waals surface area contributed by atoms with Crippen LogP contribution in [-0.4, -0.2) is 41.8 Å². The summed E-state index contributed by atoms with van der Waals surface area (Å²) in [5, 5.41) is 14.0. The van der Waals surface area contributed by atoms with Gasteiger partial charge in [-0.25, -0.2) is 14.4 Å². The number of hydrogen-bond acceptors (Lipinski definition) is 4. The second-order valence-electron chi connectivity index (χ2n) is 5.23. The number of carbonyl (C=O) groups excluding carboxylic acids is 2. The predicted molar refractivity (Wildman–Crippen MR) is 73.3 cm³/mol. The Morgan fingerprint density at radius 3 is 2.20 bits per heavy atom. The molecule has 0 rings (SSSR count). The lowest BCUT2D eigenvalue weighted by molar-refractivity contribution is -0.144. The van der Waals surface area contributed by atoms with E-state index < -0.39 is 29.6 Å². The number of carboxylic acid groups (broad SMARTS) is 1. The van der Waals surface area contributed by atoms with Crippen LogP contribution in [0.2, 0.25) is 0 Å². The van der Waals surface area contributed by atoms with Crippen LogP contribution in [0.1, 0.15) is 40.5 Å².